The average Bonchev–Trinajstić information content (AvgIpc) is 3.11. The van der Waals surface area contributed by atoms with Gasteiger partial charge in [-0.1, -0.05) is 18.5 Å². The summed E-state index contributed by atoms with van der Waals surface area (Å²) >= 11 is 5.89. The minimum absolute atomic E-state index is 0.0286. The number of anilines is 1. The molecule has 1 aliphatic heterocycles. The molecule has 0 aliphatic carbocycles. The first-order chi connectivity index (χ1) is 14.8. The van der Waals surface area contributed by atoms with E-state index in [-0.39, 0.29) is 18.7 Å². The van der Waals surface area contributed by atoms with Crippen molar-refractivity contribution in [1.29, 1.82) is 0 Å². The second-order valence-electron chi connectivity index (χ2n) is 8.13. The predicted octanol–water partition coefficient (Wildman–Crippen LogP) is 1.75. The van der Waals surface area contributed by atoms with Crippen molar-refractivity contribution in [2.24, 2.45) is 13.0 Å². The van der Waals surface area contributed by atoms with Crippen molar-refractivity contribution >= 4 is 28.7 Å². The Morgan fingerprint density at radius 2 is 2.06 bits per heavy atom. The van der Waals surface area contributed by atoms with Crippen LogP contribution in [0, 0.1) is 5.92 Å². The number of nitrogens with zero attached hydrogens (tertiary/aromatic N) is 4. The number of hydrogen-bond acceptors (Lipinski definition) is 6. The maximum atomic E-state index is 12.7. The summed E-state index contributed by atoms with van der Waals surface area (Å²) in [6.07, 6.45) is 1.25. The fourth-order valence-corrected chi connectivity index (χ4v) is 4.12. The zero-order valence-corrected chi connectivity index (χ0v) is 18.3. The summed E-state index contributed by atoms with van der Waals surface area (Å²) in [5.74, 6) is 1.66. The SMILES string of the molecule is C[C@H]1CCCN(c2nc3c(c(=O)[nH]c(=O)n3C)n2C[C@@H](O)COc2ccc(Cl)cc2)C1. The summed E-state index contributed by atoms with van der Waals surface area (Å²) in [6.45, 7) is 3.91. The van der Waals surface area contributed by atoms with Crippen LogP contribution in [-0.4, -0.2) is 50.0 Å². The van der Waals surface area contributed by atoms with Gasteiger partial charge in [-0.15, -0.1) is 0 Å². The van der Waals surface area contributed by atoms with Crippen LogP contribution in [0.15, 0.2) is 33.9 Å². The lowest BCUT2D eigenvalue weighted by atomic mass is 10.0. The largest absolute Gasteiger partial charge is 0.491 e. The van der Waals surface area contributed by atoms with Gasteiger partial charge in [-0.2, -0.15) is 4.98 Å². The van der Waals surface area contributed by atoms with E-state index in [4.69, 9.17) is 16.3 Å². The summed E-state index contributed by atoms with van der Waals surface area (Å²) in [6, 6.07) is 6.87. The third kappa shape index (κ3) is 4.47. The second-order valence-corrected chi connectivity index (χ2v) is 8.56. The highest BCUT2D eigenvalue weighted by atomic mass is 35.5. The predicted molar refractivity (Wildman–Crippen MR) is 119 cm³/mol. The number of H-pyrrole nitrogens is 1. The van der Waals surface area contributed by atoms with E-state index in [1.807, 2.05) is 0 Å². The minimum atomic E-state index is -0.898. The molecule has 9 nitrogen and oxygen atoms in total. The number of rotatable bonds is 6. The van der Waals surface area contributed by atoms with Gasteiger partial charge in [0.25, 0.3) is 5.56 Å². The number of aromatic nitrogens is 4. The fourth-order valence-electron chi connectivity index (χ4n) is 4.00. The smallest absolute Gasteiger partial charge is 0.329 e. The number of aliphatic hydroxyl groups excluding tert-OH is 1. The third-order valence-electron chi connectivity index (χ3n) is 5.58. The monoisotopic (exact) mass is 447 g/mol. The average molecular weight is 448 g/mol. The first-order valence-electron chi connectivity index (χ1n) is 10.3. The van der Waals surface area contributed by atoms with E-state index in [9.17, 15) is 14.7 Å². The third-order valence-corrected chi connectivity index (χ3v) is 5.83. The lowest BCUT2D eigenvalue weighted by Crippen LogP contribution is -2.37. The number of fused-ring (bicyclic) bond motifs is 1. The van der Waals surface area contributed by atoms with Crippen LogP contribution in [-0.2, 0) is 13.6 Å². The molecule has 3 heterocycles. The molecule has 2 N–H and O–H groups in total. The fraction of sp³-hybridized carbons (Fsp3) is 0.476. The first-order valence-corrected chi connectivity index (χ1v) is 10.7. The van der Waals surface area contributed by atoms with E-state index in [2.05, 4.69) is 21.8 Å². The molecule has 1 fully saturated rings. The van der Waals surface area contributed by atoms with Crippen molar-refractivity contribution in [3.05, 3.63) is 50.1 Å². The van der Waals surface area contributed by atoms with Gasteiger partial charge in [0.2, 0.25) is 5.95 Å². The van der Waals surface area contributed by atoms with Gasteiger partial charge >= 0.3 is 5.69 Å². The molecule has 4 rings (SSSR count). The summed E-state index contributed by atoms with van der Waals surface area (Å²) < 4.78 is 8.68. The highest BCUT2D eigenvalue weighted by Gasteiger charge is 2.26. The van der Waals surface area contributed by atoms with E-state index in [0.29, 0.717) is 28.3 Å². The van der Waals surface area contributed by atoms with Crippen molar-refractivity contribution in [2.45, 2.75) is 32.4 Å². The van der Waals surface area contributed by atoms with E-state index < -0.39 is 17.4 Å². The summed E-state index contributed by atoms with van der Waals surface area (Å²) in [7, 11) is 1.57. The van der Waals surface area contributed by atoms with Crippen LogP contribution in [0.25, 0.3) is 11.2 Å². The number of nitrogens with one attached hydrogen (secondary N) is 1. The first kappa shape index (κ1) is 21.5. The molecular formula is C21H26ClN5O4. The molecule has 10 heteroatoms. The second kappa shape index (κ2) is 8.76. The highest BCUT2D eigenvalue weighted by molar-refractivity contribution is 6.30. The van der Waals surface area contributed by atoms with Gasteiger partial charge in [0, 0.05) is 25.2 Å². The Kier molecular flexibility index (Phi) is 6.06. The Labute approximate surface area is 183 Å². The number of piperidine rings is 1. The van der Waals surface area contributed by atoms with Crippen molar-refractivity contribution in [3.8, 4) is 5.75 Å². The van der Waals surface area contributed by atoms with Gasteiger partial charge in [-0.3, -0.25) is 14.3 Å². The highest BCUT2D eigenvalue weighted by Crippen LogP contribution is 2.25. The molecule has 1 aliphatic rings. The van der Waals surface area contributed by atoms with E-state index in [1.165, 1.54) is 4.57 Å². The topological polar surface area (TPSA) is 105 Å². The zero-order chi connectivity index (χ0) is 22.1. The van der Waals surface area contributed by atoms with Crippen molar-refractivity contribution in [2.75, 3.05) is 24.6 Å². The minimum Gasteiger partial charge on any atom is -0.491 e. The van der Waals surface area contributed by atoms with Gasteiger partial charge < -0.3 is 19.3 Å². The Bertz CT molecular complexity index is 1180. The number of aryl methyl sites for hydroxylation is 1. The molecule has 3 aromatic rings. The number of ether oxygens (including phenoxy) is 1. The van der Waals surface area contributed by atoms with Crippen LogP contribution in [0.5, 0.6) is 5.75 Å². The maximum absolute atomic E-state index is 12.7. The Morgan fingerprint density at radius 1 is 1.32 bits per heavy atom. The number of imidazole rings is 1. The van der Waals surface area contributed by atoms with Gasteiger partial charge in [-0.25, -0.2) is 4.79 Å². The lowest BCUT2D eigenvalue weighted by molar-refractivity contribution is 0.0935. The quantitative estimate of drug-likeness (QED) is 0.596. The van der Waals surface area contributed by atoms with Crippen molar-refractivity contribution < 1.29 is 9.84 Å². The number of benzene rings is 1. The molecule has 166 valence electrons. The molecule has 0 amide bonds. The zero-order valence-electron chi connectivity index (χ0n) is 17.5. The molecular weight excluding hydrogens is 422 g/mol. The lowest BCUT2D eigenvalue weighted by Gasteiger charge is -2.32. The van der Waals surface area contributed by atoms with Gasteiger partial charge in [0.05, 0.1) is 6.54 Å². The van der Waals surface area contributed by atoms with E-state index >= 15 is 0 Å². The van der Waals surface area contributed by atoms with Gasteiger partial charge in [-0.05, 0) is 43.0 Å². The van der Waals surface area contributed by atoms with Gasteiger partial charge in [0.15, 0.2) is 11.2 Å². The molecule has 1 saturated heterocycles. The van der Waals surface area contributed by atoms with Crippen LogP contribution in [0.4, 0.5) is 5.95 Å². The summed E-state index contributed by atoms with van der Waals surface area (Å²) in [5, 5.41) is 11.3. The van der Waals surface area contributed by atoms with E-state index in [1.54, 1.807) is 35.9 Å². The van der Waals surface area contributed by atoms with Crippen molar-refractivity contribution in [3.63, 3.8) is 0 Å². The van der Waals surface area contributed by atoms with E-state index in [0.717, 1.165) is 25.9 Å². The van der Waals surface area contributed by atoms with Crippen LogP contribution in [0.1, 0.15) is 19.8 Å². The van der Waals surface area contributed by atoms with Gasteiger partial charge in [0.1, 0.15) is 18.5 Å². The normalized spacial score (nSPS) is 17.8. The molecule has 0 saturated carbocycles. The molecule has 0 radical (unpaired) electrons. The van der Waals surface area contributed by atoms with Crippen LogP contribution in [0.2, 0.25) is 5.02 Å². The van der Waals surface area contributed by atoms with Crippen LogP contribution in [0.3, 0.4) is 0 Å². The number of aromatic amines is 1. The van der Waals surface area contributed by atoms with Crippen LogP contribution < -0.4 is 20.9 Å². The molecule has 0 spiro atoms. The Balaban J connectivity index is 1.66. The maximum Gasteiger partial charge on any atom is 0.329 e. The van der Waals surface area contributed by atoms with Crippen LogP contribution >= 0.6 is 11.6 Å². The number of hydrogen-bond donors (Lipinski definition) is 2. The molecule has 2 atom stereocenters. The Morgan fingerprint density at radius 3 is 2.77 bits per heavy atom. The number of aliphatic hydroxyl groups is 1. The molecule has 0 unspecified atom stereocenters. The standard InChI is InChI=1S/C21H26ClN5O4/c1-13-4-3-9-26(10-13)20-23-18-17(19(29)24-21(30)25(18)2)27(20)11-15(28)12-31-16-7-5-14(22)6-8-16/h5-8,13,15,28H,3-4,9-12H2,1-2H3,(H,24,29,30)/t13-,15+/m0/s1. The molecule has 1 aromatic carbocycles. The summed E-state index contributed by atoms with van der Waals surface area (Å²) in [4.78, 5) is 33.8. The summed E-state index contributed by atoms with van der Waals surface area (Å²) in [5.41, 5.74) is -0.478. The molecule has 2 aromatic heterocycles. The molecule has 0 bridgehead atoms. The Hall–Kier alpha value is -2.78. The molecule has 31 heavy (non-hydrogen) atoms. The number of halogens is 1. The van der Waals surface area contributed by atoms with Crippen molar-refractivity contribution in [1.82, 2.24) is 19.1 Å².